The summed E-state index contributed by atoms with van der Waals surface area (Å²) in [6, 6.07) is 16.9. The van der Waals surface area contributed by atoms with Crippen LogP contribution in [0.3, 0.4) is 0 Å². The van der Waals surface area contributed by atoms with Crippen LogP contribution in [-0.4, -0.2) is 45.6 Å². The fourth-order valence-electron chi connectivity index (χ4n) is 4.18. The summed E-state index contributed by atoms with van der Waals surface area (Å²) in [4.78, 5) is 34.9. The molecule has 0 unspecified atom stereocenters. The number of alkyl halides is 3. The number of benzene rings is 3. The van der Waals surface area contributed by atoms with Crippen LogP contribution in [-0.2, 0) is 4.79 Å². The number of aliphatic imine (C=N–C) groups is 1. The lowest BCUT2D eigenvalue weighted by atomic mass is 10.1. The van der Waals surface area contributed by atoms with Crippen molar-refractivity contribution in [3.05, 3.63) is 84.2 Å². The Hall–Kier alpha value is -5.20. The van der Waals surface area contributed by atoms with Gasteiger partial charge in [0, 0.05) is 11.3 Å². The van der Waals surface area contributed by atoms with Gasteiger partial charge in [0.15, 0.2) is 5.82 Å². The molecule has 1 aliphatic rings. The number of para-hydroxylation sites is 1. The smallest absolute Gasteiger partial charge is 0.406 e. The van der Waals surface area contributed by atoms with Crippen LogP contribution >= 0.6 is 0 Å². The van der Waals surface area contributed by atoms with Gasteiger partial charge in [-0.05, 0) is 73.5 Å². The number of guanidine groups is 1. The maximum atomic E-state index is 12.7. The van der Waals surface area contributed by atoms with E-state index in [1.807, 2.05) is 32.0 Å². The standard InChI is InChI=1S/C27H22F3N7O3/c1-16-4-3-5-17(2)23(16)37-22(38)14-31-25(37)34-26(39)33-19-8-6-18(7-9-19)24-32-15-36(35-24)20-10-12-21(13-11-20)40-27(28,29)30/h3-13,15H,14H2,1-2H3,(H2,31,33,34,39). The number of carbonyl (C=O) groups excluding carboxylic acids is 2. The molecular formula is C27H22F3N7O3. The monoisotopic (exact) mass is 549 g/mol. The van der Waals surface area contributed by atoms with Gasteiger partial charge in [-0.15, -0.1) is 18.3 Å². The molecule has 4 aromatic rings. The van der Waals surface area contributed by atoms with Crippen LogP contribution in [0.5, 0.6) is 5.75 Å². The number of amides is 3. The van der Waals surface area contributed by atoms with Crippen molar-refractivity contribution in [2.75, 3.05) is 16.8 Å². The van der Waals surface area contributed by atoms with Crippen molar-refractivity contribution in [1.82, 2.24) is 20.1 Å². The van der Waals surface area contributed by atoms with Crippen LogP contribution in [0.15, 0.2) is 78.0 Å². The summed E-state index contributed by atoms with van der Waals surface area (Å²) < 4.78 is 42.4. The van der Waals surface area contributed by atoms with Gasteiger partial charge in [-0.3, -0.25) is 4.79 Å². The Kier molecular flexibility index (Phi) is 6.94. The lowest BCUT2D eigenvalue weighted by molar-refractivity contribution is -0.274. The van der Waals surface area contributed by atoms with Crippen molar-refractivity contribution < 1.29 is 27.5 Å². The number of nitrogens with zero attached hydrogens (tertiary/aromatic N) is 5. The van der Waals surface area contributed by atoms with Crippen LogP contribution in [0.2, 0.25) is 0 Å². The van der Waals surface area contributed by atoms with Gasteiger partial charge in [0.25, 0.3) is 5.91 Å². The molecule has 3 amide bonds. The minimum absolute atomic E-state index is 0.0275. The molecule has 204 valence electrons. The highest BCUT2D eigenvalue weighted by Gasteiger charge is 2.32. The van der Waals surface area contributed by atoms with E-state index < -0.39 is 12.4 Å². The van der Waals surface area contributed by atoms with Crippen molar-refractivity contribution >= 4 is 29.3 Å². The Morgan fingerprint density at radius 2 is 1.70 bits per heavy atom. The molecule has 13 heteroatoms. The van der Waals surface area contributed by atoms with Crippen LogP contribution < -0.4 is 20.3 Å². The molecular weight excluding hydrogens is 527 g/mol. The Labute approximate surface area is 226 Å². The van der Waals surface area contributed by atoms with E-state index in [1.165, 1.54) is 40.2 Å². The Morgan fingerprint density at radius 3 is 2.35 bits per heavy atom. The van der Waals surface area contributed by atoms with Gasteiger partial charge in [0.1, 0.15) is 12.1 Å². The van der Waals surface area contributed by atoms with Crippen molar-refractivity contribution in [3.63, 3.8) is 0 Å². The van der Waals surface area contributed by atoms with Gasteiger partial charge in [0.2, 0.25) is 5.96 Å². The number of rotatable bonds is 5. The Balaban J connectivity index is 1.26. The normalized spacial score (nSPS) is 14.4. The molecule has 1 aromatic heterocycles. The molecule has 0 aliphatic carbocycles. The molecule has 0 saturated carbocycles. The number of ether oxygens (including phenoxy) is 1. The van der Waals surface area contributed by atoms with Crippen molar-refractivity contribution in [2.45, 2.75) is 20.2 Å². The van der Waals surface area contributed by atoms with Gasteiger partial charge in [-0.1, -0.05) is 18.2 Å². The predicted molar refractivity (Wildman–Crippen MR) is 141 cm³/mol. The third-order valence-electron chi connectivity index (χ3n) is 5.95. The van der Waals surface area contributed by atoms with Gasteiger partial charge in [-0.25, -0.2) is 19.4 Å². The van der Waals surface area contributed by atoms with E-state index in [2.05, 4.69) is 30.4 Å². The number of aromatic nitrogens is 3. The fourth-order valence-corrected chi connectivity index (χ4v) is 4.18. The summed E-state index contributed by atoms with van der Waals surface area (Å²) in [6.07, 6.45) is -3.34. The predicted octanol–water partition coefficient (Wildman–Crippen LogP) is 4.97. The van der Waals surface area contributed by atoms with E-state index in [1.54, 1.807) is 24.3 Å². The minimum atomic E-state index is -4.77. The van der Waals surface area contributed by atoms with E-state index in [0.29, 0.717) is 28.5 Å². The molecule has 0 radical (unpaired) electrons. The number of carbonyl (C=O) groups is 2. The fraction of sp³-hybridized carbons (Fsp3) is 0.148. The molecule has 0 atom stereocenters. The average molecular weight is 550 g/mol. The highest BCUT2D eigenvalue weighted by Crippen LogP contribution is 2.27. The van der Waals surface area contributed by atoms with Crippen LogP contribution in [0.25, 0.3) is 17.1 Å². The first-order chi connectivity index (χ1) is 19.1. The lowest BCUT2D eigenvalue weighted by Crippen LogP contribution is -2.34. The number of anilines is 2. The second kappa shape index (κ2) is 10.5. The first-order valence-corrected chi connectivity index (χ1v) is 12.0. The number of aryl methyl sites for hydroxylation is 2. The molecule has 40 heavy (non-hydrogen) atoms. The number of hydrogen-bond acceptors (Lipinski definition) is 5. The molecule has 0 bridgehead atoms. The molecule has 1 aliphatic heterocycles. The lowest BCUT2D eigenvalue weighted by Gasteiger charge is -2.20. The molecule has 2 N–H and O–H groups in total. The molecule has 1 fully saturated rings. The molecule has 5 rings (SSSR count). The summed E-state index contributed by atoms with van der Waals surface area (Å²) >= 11 is 0. The Morgan fingerprint density at radius 1 is 1.02 bits per heavy atom. The average Bonchev–Trinajstić information content (AvgIpc) is 3.52. The summed E-state index contributed by atoms with van der Waals surface area (Å²) in [5.41, 5.74) is 4.04. The maximum Gasteiger partial charge on any atom is 0.573 e. The SMILES string of the molecule is Cc1cccc(C)c1N1C(=O)CN/C1=N\C(=O)Nc1ccc(-c2ncn(-c3ccc(OC(F)(F)F)cc3)n2)cc1. The highest BCUT2D eigenvalue weighted by molar-refractivity contribution is 6.24. The number of halogens is 3. The molecule has 0 spiro atoms. The first kappa shape index (κ1) is 26.4. The topological polar surface area (TPSA) is 114 Å². The number of nitrogens with one attached hydrogen (secondary N) is 2. The van der Waals surface area contributed by atoms with Gasteiger partial charge < -0.3 is 15.4 Å². The molecule has 1 saturated heterocycles. The second-order valence-electron chi connectivity index (χ2n) is 8.82. The van der Waals surface area contributed by atoms with Crippen molar-refractivity contribution in [3.8, 4) is 22.8 Å². The van der Waals surface area contributed by atoms with Gasteiger partial charge in [-0.2, -0.15) is 4.99 Å². The van der Waals surface area contributed by atoms with Crippen LogP contribution in [0.4, 0.5) is 29.3 Å². The van der Waals surface area contributed by atoms with E-state index in [0.717, 1.165) is 11.1 Å². The number of hydrogen-bond donors (Lipinski definition) is 2. The third-order valence-corrected chi connectivity index (χ3v) is 5.95. The Bertz CT molecular complexity index is 1580. The summed E-state index contributed by atoms with van der Waals surface area (Å²) in [5, 5.41) is 9.91. The third kappa shape index (κ3) is 5.77. The van der Waals surface area contributed by atoms with Crippen molar-refractivity contribution in [2.24, 2.45) is 4.99 Å². The van der Waals surface area contributed by atoms with E-state index >= 15 is 0 Å². The van der Waals surface area contributed by atoms with Crippen LogP contribution in [0, 0.1) is 13.8 Å². The highest BCUT2D eigenvalue weighted by atomic mass is 19.4. The summed E-state index contributed by atoms with van der Waals surface area (Å²) in [5.74, 6) is -0.0468. The van der Waals surface area contributed by atoms with E-state index in [4.69, 9.17) is 0 Å². The van der Waals surface area contributed by atoms with E-state index in [9.17, 15) is 22.8 Å². The summed E-state index contributed by atoms with van der Waals surface area (Å²) in [7, 11) is 0. The molecule has 10 nitrogen and oxygen atoms in total. The number of urea groups is 1. The van der Waals surface area contributed by atoms with Crippen LogP contribution in [0.1, 0.15) is 11.1 Å². The zero-order valence-corrected chi connectivity index (χ0v) is 21.2. The van der Waals surface area contributed by atoms with Gasteiger partial charge >= 0.3 is 12.4 Å². The molecule has 3 aromatic carbocycles. The minimum Gasteiger partial charge on any atom is -0.406 e. The van der Waals surface area contributed by atoms with Gasteiger partial charge in [0.05, 0.1) is 17.9 Å². The first-order valence-electron chi connectivity index (χ1n) is 12.0. The molecule has 2 heterocycles. The van der Waals surface area contributed by atoms with E-state index in [-0.39, 0.29) is 24.2 Å². The largest absolute Gasteiger partial charge is 0.573 e. The second-order valence-corrected chi connectivity index (χ2v) is 8.82. The quantitative estimate of drug-likeness (QED) is 0.363. The van der Waals surface area contributed by atoms with Crippen molar-refractivity contribution in [1.29, 1.82) is 0 Å². The zero-order valence-electron chi connectivity index (χ0n) is 21.2. The zero-order chi connectivity index (χ0) is 28.4. The summed E-state index contributed by atoms with van der Waals surface area (Å²) in [6.45, 7) is 3.79. The maximum absolute atomic E-state index is 12.7.